The van der Waals surface area contributed by atoms with Crippen molar-refractivity contribution in [1.29, 1.82) is 0 Å². The molecule has 3 aromatic rings. The van der Waals surface area contributed by atoms with E-state index < -0.39 is 40.7 Å². The van der Waals surface area contributed by atoms with Crippen LogP contribution in [0.4, 0.5) is 9.93 Å². The summed E-state index contributed by atoms with van der Waals surface area (Å²) in [5, 5.41) is 18.5. The molecule has 14 heteroatoms. The van der Waals surface area contributed by atoms with E-state index in [2.05, 4.69) is 15.6 Å². The van der Waals surface area contributed by atoms with Gasteiger partial charge in [0.2, 0.25) is 10.0 Å². The SMILES string of the molecule is CCCN(C[C@@H](O)[C@H](Cc1ccccc1)NC(=O)OC1C2COC3OCC1C3O2)S(=O)(=O)c1ccc2nc(NC3CC3)sc2c1. The molecule has 7 rings (SSSR count). The average molecular weight is 659 g/mol. The van der Waals surface area contributed by atoms with Gasteiger partial charge in [0, 0.05) is 19.1 Å². The Bertz CT molecular complexity index is 1620. The Hall–Kier alpha value is -2.85. The zero-order valence-electron chi connectivity index (χ0n) is 24.9. The largest absolute Gasteiger partial charge is 0.443 e. The number of thiazole rings is 1. The molecule has 4 aliphatic rings. The molecule has 12 nitrogen and oxygen atoms in total. The maximum atomic E-state index is 13.9. The number of hydrogen-bond donors (Lipinski definition) is 3. The molecule has 2 bridgehead atoms. The molecule has 0 spiro atoms. The van der Waals surface area contributed by atoms with E-state index in [4.69, 9.17) is 18.9 Å². The number of ether oxygens (including phenoxy) is 4. The third-order valence-electron chi connectivity index (χ3n) is 8.76. The predicted octanol–water partition coefficient (Wildman–Crippen LogP) is 3.11. The van der Waals surface area contributed by atoms with Crippen LogP contribution in [0, 0.1) is 5.92 Å². The number of carbonyl (C=O) groups excluding carboxylic acids is 1. The number of nitrogens with one attached hydrogen (secondary N) is 2. The van der Waals surface area contributed by atoms with Crippen molar-refractivity contribution in [3.63, 3.8) is 0 Å². The molecule has 4 fully saturated rings. The molecule has 1 aromatic heterocycles. The fourth-order valence-corrected chi connectivity index (χ4v) is 8.90. The number of benzene rings is 2. The van der Waals surface area contributed by atoms with Gasteiger partial charge in [-0.05, 0) is 49.4 Å². The summed E-state index contributed by atoms with van der Waals surface area (Å²) in [5.74, 6) is -0.132. The first-order valence-corrected chi connectivity index (χ1v) is 17.8. The van der Waals surface area contributed by atoms with Gasteiger partial charge in [0.1, 0.15) is 18.3 Å². The number of aliphatic hydroxyl groups excluding tert-OH is 1. The van der Waals surface area contributed by atoms with Crippen molar-refractivity contribution in [3.8, 4) is 0 Å². The second-order valence-corrected chi connectivity index (χ2v) is 15.1. The minimum absolute atomic E-state index is 0.132. The molecule has 3 N–H and O–H groups in total. The molecule has 1 amide bonds. The number of sulfonamides is 1. The van der Waals surface area contributed by atoms with Gasteiger partial charge in [0.05, 0.1) is 46.4 Å². The molecule has 5 unspecified atom stereocenters. The first kappa shape index (κ1) is 30.8. The summed E-state index contributed by atoms with van der Waals surface area (Å²) in [6.45, 7) is 2.50. The van der Waals surface area contributed by atoms with E-state index in [0.717, 1.165) is 33.8 Å². The van der Waals surface area contributed by atoms with E-state index in [0.29, 0.717) is 19.1 Å². The summed E-state index contributed by atoms with van der Waals surface area (Å²) in [6, 6.07) is 14.0. The van der Waals surface area contributed by atoms with Gasteiger partial charge in [-0.15, -0.1) is 0 Å². The molecular formula is C31H38N4O8S2. The Morgan fingerprint density at radius 3 is 2.76 bits per heavy atom. The van der Waals surface area contributed by atoms with Crippen LogP contribution in [0.1, 0.15) is 31.7 Å². The first-order valence-electron chi connectivity index (χ1n) is 15.5. The van der Waals surface area contributed by atoms with Gasteiger partial charge in [-0.2, -0.15) is 4.31 Å². The number of fused-ring (bicyclic) bond motifs is 2. The van der Waals surface area contributed by atoms with Crippen LogP contribution >= 0.6 is 11.3 Å². The summed E-state index contributed by atoms with van der Waals surface area (Å²) >= 11 is 1.43. The van der Waals surface area contributed by atoms with E-state index in [-0.39, 0.29) is 49.1 Å². The fraction of sp³-hybridized carbons (Fsp3) is 0.548. The van der Waals surface area contributed by atoms with Crippen molar-refractivity contribution in [3.05, 3.63) is 54.1 Å². The van der Waals surface area contributed by atoms with Gasteiger partial charge in [0.15, 0.2) is 11.4 Å². The van der Waals surface area contributed by atoms with Crippen molar-refractivity contribution < 1.29 is 37.3 Å². The maximum Gasteiger partial charge on any atom is 0.407 e. The van der Waals surface area contributed by atoms with Crippen LogP contribution in [0.5, 0.6) is 0 Å². The van der Waals surface area contributed by atoms with Crippen LogP contribution in [-0.2, 0) is 35.4 Å². The second kappa shape index (κ2) is 12.7. The third kappa shape index (κ3) is 6.55. The molecule has 1 saturated carbocycles. The molecule has 3 saturated heterocycles. The van der Waals surface area contributed by atoms with Gasteiger partial charge in [-0.25, -0.2) is 18.2 Å². The van der Waals surface area contributed by atoms with Crippen LogP contribution in [-0.4, -0.2) is 98.0 Å². The van der Waals surface area contributed by atoms with Gasteiger partial charge in [-0.3, -0.25) is 0 Å². The first-order chi connectivity index (χ1) is 21.8. The van der Waals surface area contributed by atoms with E-state index in [1.54, 1.807) is 18.2 Å². The Morgan fingerprint density at radius 2 is 1.98 bits per heavy atom. The molecule has 1 aliphatic carbocycles. The number of alkyl carbamates (subject to hydrolysis) is 1. The highest BCUT2D eigenvalue weighted by molar-refractivity contribution is 7.89. The molecule has 45 heavy (non-hydrogen) atoms. The van der Waals surface area contributed by atoms with Crippen LogP contribution in [0.25, 0.3) is 10.2 Å². The highest BCUT2D eigenvalue weighted by Crippen LogP contribution is 2.41. The van der Waals surface area contributed by atoms with E-state index >= 15 is 0 Å². The number of nitrogens with zero attached hydrogens (tertiary/aromatic N) is 2. The Balaban J connectivity index is 1.08. The second-order valence-electron chi connectivity index (χ2n) is 12.1. The van der Waals surface area contributed by atoms with E-state index in [1.807, 2.05) is 37.3 Å². The lowest BCUT2D eigenvalue weighted by atomic mass is 9.99. The van der Waals surface area contributed by atoms with Crippen LogP contribution < -0.4 is 10.6 Å². The summed E-state index contributed by atoms with van der Waals surface area (Å²) in [7, 11) is -3.98. The van der Waals surface area contributed by atoms with Crippen molar-refractivity contribution >= 4 is 42.8 Å². The van der Waals surface area contributed by atoms with E-state index in [9.17, 15) is 18.3 Å². The van der Waals surface area contributed by atoms with Crippen molar-refractivity contribution in [2.75, 3.05) is 31.6 Å². The van der Waals surface area contributed by atoms with Gasteiger partial charge in [0.25, 0.3) is 0 Å². The maximum absolute atomic E-state index is 13.9. The van der Waals surface area contributed by atoms with Crippen LogP contribution in [0.15, 0.2) is 53.4 Å². The topological polar surface area (TPSA) is 149 Å². The van der Waals surface area contributed by atoms with Crippen molar-refractivity contribution in [2.45, 2.75) is 80.3 Å². The predicted molar refractivity (Wildman–Crippen MR) is 167 cm³/mol. The molecule has 242 valence electrons. The monoisotopic (exact) mass is 658 g/mol. The van der Waals surface area contributed by atoms with Crippen LogP contribution in [0.3, 0.4) is 0 Å². The lowest BCUT2D eigenvalue weighted by Crippen LogP contribution is -2.52. The number of amides is 1. The Kier molecular flexibility index (Phi) is 8.72. The average Bonchev–Trinajstić information content (AvgIpc) is 3.48. The van der Waals surface area contributed by atoms with Gasteiger partial charge >= 0.3 is 6.09 Å². The minimum atomic E-state index is -3.98. The number of hydrogen-bond acceptors (Lipinski definition) is 11. The summed E-state index contributed by atoms with van der Waals surface area (Å²) < 4.78 is 53.1. The lowest BCUT2D eigenvalue weighted by Gasteiger charge is -2.31. The third-order valence-corrected chi connectivity index (χ3v) is 11.6. The number of carbonyl (C=O) groups is 1. The summed E-state index contributed by atoms with van der Waals surface area (Å²) in [5.41, 5.74) is 1.61. The molecular weight excluding hydrogens is 620 g/mol. The Labute approximate surface area is 266 Å². The summed E-state index contributed by atoms with van der Waals surface area (Å²) in [4.78, 5) is 18.0. The zero-order chi connectivity index (χ0) is 31.1. The number of anilines is 1. The smallest absolute Gasteiger partial charge is 0.407 e. The van der Waals surface area contributed by atoms with Crippen molar-refractivity contribution in [1.82, 2.24) is 14.6 Å². The fourth-order valence-electron chi connectivity index (χ4n) is 6.26. The van der Waals surface area contributed by atoms with Crippen LogP contribution in [0.2, 0.25) is 0 Å². The normalized spacial score (nSPS) is 27.0. The van der Waals surface area contributed by atoms with Gasteiger partial charge in [-0.1, -0.05) is 48.6 Å². The van der Waals surface area contributed by atoms with E-state index in [1.165, 1.54) is 15.6 Å². The molecule has 3 aliphatic heterocycles. The Morgan fingerprint density at radius 1 is 1.18 bits per heavy atom. The molecule has 0 radical (unpaired) electrons. The zero-order valence-corrected chi connectivity index (χ0v) is 26.5. The summed E-state index contributed by atoms with van der Waals surface area (Å²) in [6.07, 6.45) is -0.555. The minimum Gasteiger partial charge on any atom is -0.443 e. The highest BCUT2D eigenvalue weighted by atomic mass is 32.2. The quantitative estimate of drug-likeness (QED) is 0.250. The lowest BCUT2D eigenvalue weighted by molar-refractivity contribution is -0.231. The number of aliphatic hydroxyl groups is 1. The highest BCUT2D eigenvalue weighted by Gasteiger charge is 2.58. The van der Waals surface area contributed by atoms with Gasteiger partial charge < -0.3 is 34.7 Å². The van der Waals surface area contributed by atoms with Crippen molar-refractivity contribution in [2.24, 2.45) is 5.92 Å². The molecule has 2 aromatic carbocycles. The molecule has 4 heterocycles. The number of aromatic nitrogens is 1. The standard InChI is InChI=1S/C31H38N4O8S2/c1-2-12-35(45(38,39)20-10-11-22-26(14-20)44-30(33-22)32-19-8-9-19)15-24(36)23(13-18-6-4-3-5-7-18)34-31(37)43-27-21-16-40-29-28(21)42-25(27)17-41-29/h3-7,10-11,14,19,21,23-25,27-29,36H,2,8-9,12-13,15-17H2,1H3,(H,32,33)(H,34,37)/t21?,23-,24+,25?,27?,28?,29?/m0/s1. The molecule has 7 atom stereocenters. The number of rotatable bonds is 13.